The maximum atomic E-state index is 13.7. The van der Waals surface area contributed by atoms with Gasteiger partial charge in [-0.15, -0.1) is 0 Å². The summed E-state index contributed by atoms with van der Waals surface area (Å²) < 4.78 is 6.31. The quantitative estimate of drug-likeness (QED) is 0.284. The van der Waals surface area contributed by atoms with Gasteiger partial charge in [-0.3, -0.25) is 9.59 Å². The average Bonchev–Trinajstić information content (AvgIpc) is 3.45. The van der Waals surface area contributed by atoms with Gasteiger partial charge in [-0.05, 0) is 41.7 Å². The summed E-state index contributed by atoms with van der Waals surface area (Å²) in [7, 11) is 0. The van der Waals surface area contributed by atoms with Crippen molar-refractivity contribution in [2.75, 3.05) is 5.32 Å². The fourth-order valence-corrected chi connectivity index (χ4v) is 6.20. The molecule has 3 aliphatic rings. The zero-order chi connectivity index (χ0) is 24.9. The van der Waals surface area contributed by atoms with E-state index in [1.54, 1.807) is 12.1 Å². The number of allylic oxidation sites excluding steroid dienone is 2. The Morgan fingerprint density at radius 1 is 0.757 bits per heavy atom. The Morgan fingerprint density at radius 3 is 2.32 bits per heavy atom. The number of para-hydroxylation sites is 1. The summed E-state index contributed by atoms with van der Waals surface area (Å²) >= 11 is 0. The SMILES string of the molecule is O=C1c2ccccc2C(=O)c2c1ccc1c2[C@@H]2C=CC[C@@H]2[C@H](c2ccccc2OCc2ccccc2)N1. The van der Waals surface area contributed by atoms with Crippen LogP contribution in [0.25, 0.3) is 0 Å². The van der Waals surface area contributed by atoms with Crippen LogP contribution in [0, 0.1) is 5.92 Å². The van der Waals surface area contributed by atoms with Gasteiger partial charge in [-0.1, -0.05) is 84.9 Å². The topological polar surface area (TPSA) is 55.4 Å². The van der Waals surface area contributed by atoms with E-state index in [0.717, 1.165) is 34.5 Å². The first kappa shape index (κ1) is 21.8. The molecule has 0 amide bonds. The van der Waals surface area contributed by atoms with Gasteiger partial charge >= 0.3 is 0 Å². The van der Waals surface area contributed by atoms with Crippen molar-refractivity contribution in [3.63, 3.8) is 0 Å². The molecule has 0 fully saturated rings. The monoisotopic (exact) mass is 483 g/mol. The lowest BCUT2D eigenvalue weighted by Gasteiger charge is -2.39. The number of anilines is 1. The molecule has 0 bridgehead atoms. The molecule has 1 aliphatic heterocycles. The second-order valence-corrected chi connectivity index (χ2v) is 9.94. The van der Waals surface area contributed by atoms with E-state index in [-0.39, 0.29) is 29.4 Å². The Hall–Kier alpha value is -4.44. The Kier molecular flexibility index (Phi) is 5.07. The van der Waals surface area contributed by atoms with Crippen LogP contribution in [-0.4, -0.2) is 11.6 Å². The average molecular weight is 484 g/mol. The molecule has 4 nitrogen and oxygen atoms in total. The Balaban J connectivity index is 1.29. The molecular formula is C33H25NO3. The molecule has 180 valence electrons. The van der Waals surface area contributed by atoms with Gasteiger partial charge in [0.05, 0.1) is 6.04 Å². The summed E-state index contributed by atoms with van der Waals surface area (Å²) in [5, 5.41) is 3.75. The van der Waals surface area contributed by atoms with Gasteiger partial charge < -0.3 is 10.1 Å². The molecule has 0 unspecified atom stereocenters. The summed E-state index contributed by atoms with van der Waals surface area (Å²) in [5.41, 5.74) is 6.13. The summed E-state index contributed by atoms with van der Waals surface area (Å²) in [6.07, 6.45) is 5.30. The number of fused-ring (bicyclic) bond motifs is 6. The largest absolute Gasteiger partial charge is 0.489 e. The van der Waals surface area contributed by atoms with Gasteiger partial charge in [0.25, 0.3) is 0 Å². The molecule has 1 N–H and O–H groups in total. The first-order chi connectivity index (χ1) is 18.2. The molecule has 3 atom stereocenters. The normalized spacial score (nSPS) is 20.9. The molecule has 1 heterocycles. The van der Waals surface area contributed by atoms with Crippen LogP contribution in [-0.2, 0) is 6.61 Å². The molecular weight excluding hydrogens is 458 g/mol. The third-order valence-electron chi connectivity index (χ3n) is 7.91. The van der Waals surface area contributed by atoms with E-state index >= 15 is 0 Å². The zero-order valence-electron chi connectivity index (χ0n) is 20.2. The van der Waals surface area contributed by atoms with Gasteiger partial charge in [0.15, 0.2) is 11.6 Å². The van der Waals surface area contributed by atoms with Gasteiger partial charge in [0.2, 0.25) is 0 Å². The summed E-state index contributed by atoms with van der Waals surface area (Å²) in [6, 6.07) is 29.3. The number of rotatable bonds is 4. The summed E-state index contributed by atoms with van der Waals surface area (Å²) in [4.78, 5) is 27.1. The molecule has 0 radical (unpaired) electrons. The molecule has 0 aromatic heterocycles. The first-order valence-electron chi connectivity index (χ1n) is 12.7. The van der Waals surface area contributed by atoms with Crippen LogP contribution in [0.4, 0.5) is 5.69 Å². The Labute approximate surface area is 215 Å². The van der Waals surface area contributed by atoms with Crippen LogP contribution >= 0.6 is 0 Å². The number of hydrogen-bond acceptors (Lipinski definition) is 4. The minimum atomic E-state index is -0.0756. The maximum absolute atomic E-state index is 13.7. The highest BCUT2D eigenvalue weighted by atomic mass is 16.5. The van der Waals surface area contributed by atoms with E-state index in [4.69, 9.17) is 4.74 Å². The van der Waals surface area contributed by atoms with Crippen molar-refractivity contribution in [1.29, 1.82) is 0 Å². The third-order valence-corrected chi connectivity index (χ3v) is 7.91. The standard InChI is InChI=1S/C33H25NO3/c35-32-23-11-4-5-12-24(23)33(36)30-26(32)17-18-27-29(30)21-14-8-15-22(21)31(34-27)25-13-6-7-16-28(25)37-19-20-9-2-1-3-10-20/h1-14,16-18,21-22,31,34H,15,19H2/t21-,22+,31-/m1/s1. The van der Waals surface area contributed by atoms with E-state index in [1.165, 1.54) is 0 Å². The minimum absolute atomic E-state index is 0.0132. The second-order valence-electron chi connectivity index (χ2n) is 9.94. The second kappa shape index (κ2) is 8.59. The van der Waals surface area contributed by atoms with Gasteiger partial charge in [-0.25, -0.2) is 0 Å². The lowest BCUT2D eigenvalue weighted by molar-refractivity contribution is 0.0978. The first-order valence-corrected chi connectivity index (χ1v) is 12.7. The molecule has 2 aliphatic carbocycles. The number of hydrogen-bond donors (Lipinski definition) is 1. The molecule has 4 aromatic carbocycles. The lowest BCUT2D eigenvalue weighted by atomic mass is 9.71. The number of ketones is 2. The molecule has 4 heteroatoms. The smallest absolute Gasteiger partial charge is 0.194 e. The van der Waals surface area contributed by atoms with Crippen LogP contribution in [0.2, 0.25) is 0 Å². The van der Waals surface area contributed by atoms with Crippen LogP contribution < -0.4 is 10.1 Å². The predicted octanol–water partition coefficient (Wildman–Crippen LogP) is 6.87. The predicted molar refractivity (Wildman–Crippen MR) is 143 cm³/mol. The molecule has 7 rings (SSSR count). The fourth-order valence-electron chi connectivity index (χ4n) is 6.20. The van der Waals surface area contributed by atoms with Crippen LogP contribution in [0.15, 0.2) is 103 Å². The van der Waals surface area contributed by atoms with Gasteiger partial charge in [0.1, 0.15) is 12.4 Å². The van der Waals surface area contributed by atoms with Crippen LogP contribution in [0.1, 0.15) is 66.9 Å². The van der Waals surface area contributed by atoms with Crippen molar-refractivity contribution in [3.05, 3.63) is 142 Å². The highest BCUT2D eigenvalue weighted by molar-refractivity contribution is 6.29. The third kappa shape index (κ3) is 3.44. The van der Waals surface area contributed by atoms with Crippen molar-refractivity contribution < 1.29 is 14.3 Å². The number of carbonyl (C=O) groups excluding carboxylic acids is 2. The molecule has 0 saturated carbocycles. The number of nitrogens with one attached hydrogen (secondary N) is 1. The van der Waals surface area contributed by atoms with E-state index < -0.39 is 0 Å². The van der Waals surface area contributed by atoms with Crippen molar-refractivity contribution >= 4 is 17.3 Å². The maximum Gasteiger partial charge on any atom is 0.194 e. The van der Waals surface area contributed by atoms with Crippen molar-refractivity contribution in [3.8, 4) is 5.75 Å². The zero-order valence-corrected chi connectivity index (χ0v) is 20.2. The molecule has 0 spiro atoms. The number of benzene rings is 4. The van der Waals surface area contributed by atoms with Crippen molar-refractivity contribution in [1.82, 2.24) is 0 Å². The highest BCUT2D eigenvalue weighted by Gasteiger charge is 2.43. The van der Waals surface area contributed by atoms with E-state index in [0.29, 0.717) is 28.9 Å². The fraction of sp³-hybridized carbons (Fsp3) is 0.152. The van der Waals surface area contributed by atoms with Crippen LogP contribution in [0.3, 0.4) is 0 Å². The molecule has 4 aromatic rings. The minimum Gasteiger partial charge on any atom is -0.489 e. The summed E-state index contributed by atoms with van der Waals surface area (Å²) in [5.74, 6) is 0.971. The molecule has 37 heavy (non-hydrogen) atoms. The Morgan fingerprint density at radius 2 is 1.49 bits per heavy atom. The molecule has 0 saturated heterocycles. The Bertz CT molecular complexity index is 1590. The van der Waals surface area contributed by atoms with E-state index in [1.807, 2.05) is 60.7 Å². The number of ether oxygens (including phenoxy) is 1. The van der Waals surface area contributed by atoms with E-state index in [2.05, 4.69) is 35.7 Å². The van der Waals surface area contributed by atoms with Gasteiger partial charge in [0, 0.05) is 39.4 Å². The van der Waals surface area contributed by atoms with Gasteiger partial charge in [-0.2, -0.15) is 0 Å². The highest BCUT2D eigenvalue weighted by Crippen LogP contribution is 2.53. The van der Waals surface area contributed by atoms with Crippen molar-refractivity contribution in [2.24, 2.45) is 5.92 Å². The van der Waals surface area contributed by atoms with Crippen molar-refractivity contribution in [2.45, 2.75) is 25.0 Å². The number of carbonyl (C=O) groups is 2. The van der Waals surface area contributed by atoms with E-state index in [9.17, 15) is 9.59 Å². The van der Waals surface area contributed by atoms with Crippen LogP contribution in [0.5, 0.6) is 5.75 Å². The summed E-state index contributed by atoms with van der Waals surface area (Å²) in [6.45, 7) is 0.497. The lowest BCUT2D eigenvalue weighted by Crippen LogP contribution is -2.33.